The van der Waals surface area contributed by atoms with E-state index in [0.717, 1.165) is 24.3 Å². The maximum atomic E-state index is 11.9. The molecule has 1 amide bonds. The molecule has 0 aliphatic rings. The Hall–Kier alpha value is -2.21. The number of carbonyl (C=O) groups excluding carboxylic acids is 1. The van der Waals surface area contributed by atoms with Crippen molar-refractivity contribution in [2.75, 3.05) is 11.9 Å². The molecule has 0 bridgehead atoms. The van der Waals surface area contributed by atoms with Gasteiger partial charge in [-0.3, -0.25) is 4.79 Å². The molecule has 1 aromatic heterocycles. The van der Waals surface area contributed by atoms with Crippen molar-refractivity contribution in [3.8, 4) is 0 Å². The van der Waals surface area contributed by atoms with Crippen molar-refractivity contribution in [1.82, 2.24) is 15.5 Å². The summed E-state index contributed by atoms with van der Waals surface area (Å²) in [6.07, 6.45) is 0.767. The van der Waals surface area contributed by atoms with Gasteiger partial charge in [0.25, 0.3) is 0 Å². The quantitative estimate of drug-likeness (QED) is 0.815. The highest BCUT2D eigenvalue weighted by molar-refractivity contribution is 5.90. The first-order valence-electron chi connectivity index (χ1n) is 7.06. The van der Waals surface area contributed by atoms with Crippen LogP contribution in [0, 0.1) is 6.92 Å². The minimum atomic E-state index is -0.0635. The third kappa shape index (κ3) is 5.00. The summed E-state index contributed by atoms with van der Waals surface area (Å²) in [5.74, 6) is 1.01. The monoisotopic (exact) mass is 288 g/mol. The molecule has 0 radical (unpaired) electrons. The lowest BCUT2D eigenvalue weighted by Crippen LogP contribution is -2.14. The Morgan fingerprint density at radius 1 is 1.38 bits per heavy atom. The third-order valence-electron chi connectivity index (χ3n) is 2.93. The van der Waals surface area contributed by atoms with E-state index in [1.807, 2.05) is 24.3 Å². The number of rotatable bonds is 7. The number of aryl methyl sites for hydroxylation is 2. The fourth-order valence-electron chi connectivity index (χ4n) is 1.91. The molecule has 0 unspecified atom stereocenters. The molecule has 1 aromatic carbocycles. The van der Waals surface area contributed by atoms with Crippen molar-refractivity contribution in [2.24, 2.45) is 0 Å². The van der Waals surface area contributed by atoms with Crippen molar-refractivity contribution in [2.45, 2.75) is 33.2 Å². The van der Waals surface area contributed by atoms with Gasteiger partial charge in [-0.05, 0) is 31.2 Å². The Morgan fingerprint density at radius 3 is 2.95 bits per heavy atom. The molecule has 6 heteroatoms. The number of hydrogen-bond acceptors (Lipinski definition) is 5. The SMILES string of the molecule is CCNCc1cccc(NC(=O)CCc2nc(C)no2)c1. The Kier molecular flexibility index (Phi) is 5.45. The smallest absolute Gasteiger partial charge is 0.227 e. The fraction of sp³-hybridized carbons (Fsp3) is 0.400. The molecule has 0 spiro atoms. The van der Waals surface area contributed by atoms with Gasteiger partial charge in [0, 0.05) is 25.1 Å². The zero-order valence-corrected chi connectivity index (χ0v) is 12.3. The second-order valence-corrected chi connectivity index (χ2v) is 4.76. The molecule has 0 fully saturated rings. The average Bonchev–Trinajstić information content (AvgIpc) is 2.89. The highest BCUT2D eigenvalue weighted by atomic mass is 16.5. The lowest BCUT2D eigenvalue weighted by molar-refractivity contribution is -0.116. The predicted octanol–water partition coefficient (Wildman–Crippen LogP) is 2.06. The van der Waals surface area contributed by atoms with Gasteiger partial charge in [-0.15, -0.1) is 0 Å². The van der Waals surface area contributed by atoms with Crippen LogP contribution in [0.2, 0.25) is 0 Å². The van der Waals surface area contributed by atoms with E-state index >= 15 is 0 Å². The van der Waals surface area contributed by atoms with Gasteiger partial charge in [0.1, 0.15) is 0 Å². The van der Waals surface area contributed by atoms with E-state index in [1.165, 1.54) is 0 Å². The van der Waals surface area contributed by atoms with Crippen LogP contribution in [0.5, 0.6) is 0 Å². The number of amides is 1. The zero-order chi connectivity index (χ0) is 15.1. The van der Waals surface area contributed by atoms with Gasteiger partial charge in [-0.1, -0.05) is 24.2 Å². The van der Waals surface area contributed by atoms with E-state index in [2.05, 4.69) is 27.7 Å². The van der Waals surface area contributed by atoms with Gasteiger partial charge in [0.2, 0.25) is 11.8 Å². The summed E-state index contributed by atoms with van der Waals surface area (Å²) < 4.78 is 4.98. The second kappa shape index (κ2) is 7.54. The Morgan fingerprint density at radius 2 is 2.24 bits per heavy atom. The molecule has 2 N–H and O–H groups in total. The zero-order valence-electron chi connectivity index (χ0n) is 12.3. The molecule has 1 heterocycles. The second-order valence-electron chi connectivity index (χ2n) is 4.76. The molecule has 21 heavy (non-hydrogen) atoms. The maximum absolute atomic E-state index is 11.9. The van der Waals surface area contributed by atoms with Gasteiger partial charge >= 0.3 is 0 Å². The fourth-order valence-corrected chi connectivity index (χ4v) is 1.91. The molecule has 6 nitrogen and oxygen atoms in total. The molecule has 0 atom stereocenters. The Balaban J connectivity index is 1.84. The van der Waals surface area contributed by atoms with E-state index in [-0.39, 0.29) is 5.91 Å². The molecular weight excluding hydrogens is 268 g/mol. The summed E-state index contributed by atoms with van der Waals surface area (Å²) in [5, 5.41) is 9.83. The van der Waals surface area contributed by atoms with Crippen molar-refractivity contribution < 1.29 is 9.32 Å². The molecule has 0 aliphatic carbocycles. The van der Waals surface area contributed by atoms with Crippen LogP contribution >= 0.6 is 0 Å². The third-order valence-corrected chi connectivity index (χ3v) is 2.93. The number of anilines is 1. The van der Waals surface area contributed by atoms with Gasteiger partial charge < -0.3 is 15.2 Å². The summed E-state index contributed by atoms with van der Waals surface area (Å²) in [6, 6.07) is 7.81. The van der Waals surface area contributed by atoms with Gasteiger partial charge in [-0.25, -0.2) is 0 Å². The van der Waals surface area contributed by atoms with Crippen LogP contribution in [0.4, 0.5) is 5.69 Å². The minimum absolute atomic E-state index is 0.0635. The Labute approximate surface area is 123 Å². The largest absolute Gasteiger partial charge is 0.339 e. The number of carbonyl (C=O) groups is 1. The molecule has 0 saturated carbocycles. The van der Waals surface area contributed by atoms with Crippen molar-refractivity contribution in [3.63, 3.8) is 0 Å². The predicted molar refractivity (Wildman–Crippen MR) is 79.8 cm³/mol. The van der Waals surface area contributed by atoms with Crippen molar-refractivity contribution in [1.29, 1.82) is 0 Å². The summed E-state index contributed by atoms with van der Waals surface area (Å²) >= 11 is 0. The molecule has 0 saturated heterocycles. The first-order chi connectivity index (χ1) is 10.2. The first-order valence-corrected chi connectivity index (χ1v) is 7.06. The van der Waals surface area contributed by atoms with Crippen molar-refractivity contribution in [3.05, 3.63) is 41.5 Å². The van der Waals surface area contributed by atoms with Crippen LogP contribution in [-0.4, -0.2) is 22.6 Å². The van der Waals surface area contributed by atoms with Crippen LogP contribution in [0.1, 0.15) is 30.6 Å². The van der Waals surface area contributed by atoms with Crippen molar-refractivity contribution >= 4 is 11.6 Å². The van der Waals surface area contributed by atoms with Gasteiger partial charge in [0.05, 0.1) is 0 Å². The summed E-state index contributed by atoms with van der Waals surface area (Å²) in [6.45, 7) is 5.52. The van der Waals surface area contributed by atoms with Crippen LogP contribution in [0.15, 0.2) is 28.8 Å². The number of aromatic nitrogens is 2. The first kappa shape index (κ1) is 15.2. The van der Waals surface area contributed by atoms with Gasteiger partial charge in [0.15, 0.2) is 5.82 Å². The number of nitrogens with one attached hydrogen (secondary N) is 2. The Bertz CT molecular complexity index is 595. The summed E-state index contributed by atoms with van der Waals surface area (Å²) in [7, 11) is 0. The van der Waals surface area contributed by atoms with E-state index < -0.39 is 0 Å². The van der Waals surface area contributed by atoms with Crippen LogP contribution in [0.25, 0.3) is 0 Å². The minimum Gasteiger partial charge on any atom is -0.339 e. The normalized spacial score (nSPS) is 10.6. The lowest BCUT2D eigenvalue weighted by Gasteiger charge is -2.07. The molecule has 112 valence electrons. The summed E-state index contributed by atoms with van der Waals surface area (Å²) in [5.41, 5.74) is 1.94. The van der Waals surface area contributed by atoms with E-state index in [4.69, 9.17) is 4.52 Å². The maximum Gasteiger partial charge on any atom is 0.227 e. The van der Waals surface area contributed by atoms with E-state index in [9.17, 15) is 4.79 Å². The topological polar surface area (TPSA) is 80.0 Å². The number of nitrogens with zero attached hydrogens (tertiary/aromatic N) is 2. The van der Waals surface area contributed by atoms with Gasteiger partial charge in [-0.2, -0.15) is 4.98 Å². The average molecular weight is 288 g/mol. The van der Waals surface area contributed by atoms with Crippen LogP contribution in [-0.2, 0) is 17.8 Å². The van der Waals surface area contributed by atoms with Crippen LogP contribution < -0.4 is 10.6 Å². The van der Waals surface area contributed by atoms with Crippen LogP contribution in [0.3, 0.4) is 0 Å². The highest BCUT2D eigenvalue weighted by Gasteiger charge is 2.08. The van der Waals surface area contributed by atoms with E-state index in [1.54, 1.807) is 6.92 Å². The molecule has 0 aliphatic heterocycles. The highest BCUT2D eigenvalue weighted by Crippen LogP contribution is 2.11. The number of hydrogen-bond donors (Lipinski definition) is 2. The summed E-state index contributed by atoms with van der Waals surface area (Å²) in [4.78, 5) is 16.0. The standard InChI is InChI=1S/C15H20N4O2/c1-3-16-10-12-5-4-6-13(9-12)18-14(20)7-8-15-17-11(2)19-21-15/h4-6,9,16H,3,7-8,10H2,1-2H3,(H,18,20). The molecule has 2 rings (SSSR count). The molecular formula is C15H20N4O2. The molecule has 2 aromatic rings. The number of benzene rings is 1. The van der Waals surface area contributed by atoms with E-state index in [0.29, 0.717) is 24.6 Å². The lowest BCUT2D eigenvalue weighted by atomic mass is 10.2.